The van der Waals surface area contributed by atoms with E-state index in [0.717, 1.165) is 15.4 Å². The van der Waals surface area contributed by atoms with Crippen LogP contribution in [0.4, 0.5) is 0 Å². The van der Waals surface area contributed by atoms with Crippen LogP contribution in [0.15, 0.2) is 24.4 Å². The largest absolute Gasteiger partial charge is 0.495 e. The first-order valence-electron chi connectivity index (χ1n) is 4.47. The first-order chi connectivity index (χ1) is 7.20. The van der Waals surface area contributed by atoms with Gasteiger partial charge in [0.1, 0.15) is 5.75 Å². The Kier molecular flexibility index (Phi) is 2.93. The number of hydrogen-bond donors (Lipinski definition) is 0. The van der Waals surface area contributed by atoms with Crippen LogP contribution in [0.2, 0.25) is 5.02 Å². The van der Waals surface area contributed by atoms with Gasteiger partial charge < -0.3 is 4.74 Å². The third kappa shape index (κ3) is 2.13. The smallest absolute Gasteiger partial charge is 0.138 e. The maximum absolute atomic E-state index is 5.95. The number of rotatable bonds is 2. The van der Waals surface area contributed by atoms with Gasteiger partial charge in [-0.05, 0) is 24.6 Å². The molecule has 0 atom stereocenters. The summed E-state index contributed by atoms with van der Waals surface area (Å²) in [6, 6.07) is 5.73. The standard InChI is InChI=1S/C11H10ClNOS/c1-7-13-6-11(15-7)8-3-4-9(12)10(5-8)14-2/h3-6H,1-2H3. The van der Waals surface area contributed by atoms with Crippen molar-refractivity contribution in [1.82, 2.24) is 4.98 Å². The molecular formula is C11H10ClNOS. The summed E-state index contributed by atoms with van der Waals surface area (Å²) in [5.41, 5.74) is 1.09. The van der Waals surface area contributed by atoms with Gasteiger partial charge in [0.15, 0.2) is 0 Å². The number of aromatic nitrogens is 1. The summed E-state index contributed by atoms with van der Waals surface area (Å²) in [6.07, 6.45) is 1.86. The van der Waals surface area contributed by atoms with E-state index < -0.39 is 0 Å². The number of ether oxygens (including phenoxy) is 1. The molecule has 2 nitrogen and oxygen atoms in total. The van der Waals surface area contributed by atoms with Crippen molar-refractivity contribution < 1.29 is 4.74 Å². The summed E-state index contributed by atoms with van der Waals surface area (Å²) in [6.45, 7) is 1.99. The molecule has 0 N–H and O–H groups in total. The van der Waals surface area contributed by atoms with Crippen LogP contribution in [0.25, 0.3) is 10.4 Å². The van der Waals surface area contributed by atoms with Gasteiger partial charge in [-0.1, -0.05) is 17.7 Å². The molecule has 1 aromatic heterocycles. The van der Waals surface area contributed by atoms with E-state index in [2.05, 4.69) is 4.98 Å². The van der Waals surface area contributed by atoms with Crippen molar-refractivity contribution in [2.75, 3.05) is 7.11 Å². The Balaban J connectivity index is 2.45. The minimum absolute atomic E-state index is 0.627. The molecule has 0 fully saturated rings. The highest BCUT2D eigenvalue weighted by molar-refractivity contribution is 7.15. The molecule has 1 aromatic carbocycles. The molecule has 0 aliphatic carbocycles. The van der Waals surface area contributed by atoms with Gasteiger partial charge in [-0.2, -0.15) is 0 Å². The SMILES string of the molecule is COc1cc(-c2cnc(C)s2)ccc1Cl. The second kappa shape index (κ2) is 4.21. The van der Waals surface area contributed by atoms with E-state index >= 15 is 0 Å². The number of methoxy groups -OCH3 is 1. The van der Waals surface area contributed by atoms with Crippen LogP contribution in [0.1, 0.15) is 5.01 Å². The van der Waals surface area contributed by atoms with Crippen LogP contribution in [-0.2, 0) is 0 Å². The normalized spacial score (nSPS) is 10.3. The minimum Gasteiger partial charge on any atom is -0.495 e. The van der Waals surface area contributed by atoms with Crippen molar-refractivity contribution >= 4 is 22.9 Å². The number of aryl methyl sites for hydroxylation is 1. The lowest BCUT2D eigenvalue weighted by atomic mass is 10.2. The van der Waals surface area contributed by atoms with Gasteiger partial charge >= 0.3 is 0 Å². The fourth-order valence-corrected chi connectivity index (χ4v) is 2.28. The first-order valence-corrected chi connectivity index (χ1v) is 5.66. The van der Waals surface area contributed by atoms with Crippen molar-refractivity contribution in [3.63, 3.8) is 0 Å². The molecule has 0 saturated heterocycles. The van der Waals surface area contributed by atoms with Crippen LogP contribution in [0.3, 0.4) is 0 Å². The van der Waals surface area contributed by atoms with Gasteiger partial charge in [0.05, 0.1) is 22.0 Å². The Morgan fingerprint density at radius 2 is 2.20 bits per heavy atom. The second-order valence-electron chi connectivity index (χ2n) is 3.09. The van der Waals surface area contributed by atoms with Gasteiger partial charge in [0.2, 0.25) is 0 Å². The third-order valence-electron chi connectivity index (χ3n) is 2.06. The van der Waals surface area contributed by atoms with Crippen molar-refractivity contribution in [2.45, 2.75) is 6.92 Å². The van der Waals surface area contributed by atoms with Gasteiger partial charge in [-0.15, -0.1) is 11.3 Å². The summed E-state index contributed by atoms with van der Waals surface area (Å²) in [4.78, 5) is 5.34. The Morgan fingerprint density at radius 3 is 2.80 bits per heavy atom. The molecule has 0 radical (unpaired) electrons. The number of halogens is 1. The molecule has 0 aliphatic rings. The molecule has 0 amide bonds. The van der Waals surface area contributed by atoms with Crippen LogP contribution >= 0.6 is 22.9 Å². The number of thiazole rings is 1. The average Bonchev–Trinajstić information content (AvgIpc) is 2.66. The van der Waals surface area contributed by atoms with E-state index in [-0.39, 0.29) is 0 Å². The third-order valence-corrected chi connectivity index (χ3v) is 3.33. The van der Waals surface area contributed by atoms with Crippen molar-refractivity contribution in [3.8, 4) is 16.2 Å². The monoisotopic (exact) mass is 239 g/mol. The molecule has 0 bridgehead atoms. The predicted octanol–water partition coefficient (Wildman–Crippen LogP) is 3.78. The second-order valence-corrected chi connectivity index (χ2v) is 4.73. The van der Waals surface area contributed by atoms with E-state index in [1.165, 1.54) is 0 Å². The minimum atomic E-state index is 0.627. The summed E-state index contributed by atoms with van der Waals surface area (Å²) >= 11 is 7.61. The number of nitrogens with zero attached hydrogens (tertiary/aromatic N) is 1. The maximum atomic E-state index is 5.95. The molecular weight excluding hydrogens is 230 g/mol. The number of benzene rings is 1. The maximum Gasteiger partial charge on any atom is 0.138 e. The summed E-state index contributed by atoms with van der Waals surface area (Å²) in [7, 11) is 1.61. The molecule has 4 heteroatoms. The zero-order chi connectivity index (χ0) is 10.8. The van der Waals surface area contributed by atoms with Crippen molar-refractivity contribution in [1.29, 1.82) is 0 Å². The topological polar surface area (TPSA) is 22.1 Å². The van der Waals surface area contributed by atoms with Gasteiger partial charge in [-0.25, -0.2) is 4.98 Å². The molecule has 78 valence electrons. The zero-order valence-corrected chi connectivity index (χ0v) is 10.0. The molecule has 0 aliphatic heterocycles. The van der Waals surface area contributed by atoms with Crippen LogP contribution in [0.5, 0.6) is 5.75 Å². The predicted molar refractivity (Wildman–Crippen MR) is 63.8 cm³/mol. The van der Waals surface area contributed by atoms with Crippen molar-refractivity contribution in [3.05, 3.63) is 34.4 Å². The van der Waals surface area contributed by atoms with Gasteiger partial charge in [0.25, 0.3) is 0 Å². The molecule has 1 heterocycles. The van der Waals surface area contributed by atoms with Crippen LogP contribution < -0.4 is 4.74 Å². The fraction of sp³-hybridized carbons (Fsp3) is 0.182. The summed E-state index contributed by atoms with van der Waals surface area (Å²) < 4.78 is 5.17. The van der Waals surface area contributed by atoms with E-state index in [4.69, 9.17) is 16.3 Å². The van der Waals surface area contributed by atoms with Gasteiger partial charge in [-0.3, -0.25) is 0 Å². The van der Waals surface area contributed by atoms with E-state index in [1.807, 2.05) is 31.3 Å². The molecule has 15 heavy (non-hydrogen) atoms. The Morgan fingerprint density at radius 1 is 1.40 bits per heavy atom. The summed E-state index contributed by atoms with van der Waals surface area (Å²) in [5, 5.41) is 1.68. The fourth-order valence-electron chi connectivity index (χ4n) is 1.31. The highest BCUT2D eigenvalue weighted by Gasteiger charge is 2.06. The Bertz CT molecular complexity index is 481. The van der Waals surface area contributed by atoms with E-state index in [1.54, 1.807) is 18.4 Å². The quantitative estimate of drug-likeness (QED) is 0.796. The highest BCUT2D eigenvalue weighted by Crippen LogP contribution is 2.32. The lowest BCUT2D eigenvalue weighted by Crippen LogP contribution is -1.84. The number of hydrogen-bond acceptors (Lipinski definition) is 3. The van der Waals surface area contributed by atoms with Crippen molar-refractivity contribution in [2.24, 2.45) is 0 Å². The molecule has 0 saturated carbocycles. The molecule has 2 rings (SSSR count). The van der Waals surface area contributed by atoms with Gasteiger partial charge in [0, 0.05) is 6.20 Å². The Hall–Kier alpha value is -1.06. The average molecular weight is 240 g/mol. The summed E-state index contributed by atoms with van der Waals surface area (Å²) in [5.74, 6) is 0.695. The van der Waals surface area contributed by atoms with Crippen LogP contribution in [-0.4, -0.2) is 12.1 Å². The van der Waals surface area contributed by atoms with E-state index in [9.17, 15) is 0 Å². The lowest BCUT2D eigenvalue weighted by molar-refractivity contribution is 0.415. The molecule has 2 aromatic rings. The molecule has 0 unspecified atom stereocenters. The molecule has 0 spiro atoms. The highest BCUT2D eigenvalue weighted by atomic mass is 35.5. The van der Waals surface area contributed by atoms with E-state index in [0.29, 0.717) is 10.8 Å². The zero-order valence-electron chi connectivity index (χ0n) is 8.45. The van der Waals surface area contributed by atoms with Crippen LogP contribution in [0, 0.1) is 6.92 Å². The lowest BCUT2D eigenvalue weighted by Gasteiger charge is -2.04. The Labute approximate surface area is 97.5 Å². The first kappa shape index (κ1) is 10.5.